The predicted molar refractivity (Wildman–Crippen MR) is 77.9 cm³/mol. The van der Waals surface area contributed by atoms with Crippen LogP contribution in [-0.4, -0.2) is 16.9 Å². The molecule has 2 atom stereocenters. The summed E-state index contributed by atoms with van der Waals surface area (Å²) in [6.45, 7) is 2.16. The van der Waals surface area contributed by atoms with Crippen LogP contribution in [0.4, 0.5) is 0 Å². The van der Waals surface area contributed by atoms with Crippen LogP contribution in [0.25, 0.3) is 0 Å². The molecule has 2 unspecified atom stereocenters. The minimum atomic E-state index is -0.768. The van der Waals surface area contributed by atoms with Gasteiger partial charge < -0.3 is 5.11 Å². The number of carboxylic acids is 1. The maximum absolute atomic E-state index is 12.3. The van der Waals surface area contributed by atoms with Crippen molar-refractivity contribution in [1.82, 2.24) is 0 Å². The zero-order chi connectivity index (χ0) is 14.5. The first-order valence-electron chi connectivity index (χ1n) is 7.47. The summed E-state index contributed by atoms with van der Waals surface area (Å²) in [7, 11) is 0. The van der Waals surface area contributed by atoms with Crippen molar-refractivity contribution in [3.8, 4) is 0 Å². The van der Waals surface area contributed by atoms with E-state index in [1.54, 1.807) is 0 Å². The number of Topliss-reactive ketones (excluding diaryl/α,β-unsaturated/α-hetero) is 1. The second kappa shape index (κ2) is 6.69. The normalized spacial score (nSPS) is 21.9. The van der Waals surface area contributed by atoms with Crippen molar-refractivity contribution in [3.63, 3.8) is 0 Å². The highest BCUT2D eigenvalue weighted by Gasteiger charge is 2.34. The van der Waals surface area contributed by atoms with Crippen LogP contribution in [0.3, 0.4) is 0 Å². The van der Waals surface area contributed by atoms with Crippen LogP contribution in [0.1, 0.15) is 54.9 Å². The second-order valence-corrected chi connectivity index (χ2v) is 5.71. The molecule has 1 aromatic carbocycles. The molecule has 108 valence electrons. The topological polar surface area (TPSA) is 54.4 Å². The summed E-state index contributed by atoms with van der Waals surface area (Å²) < 4.78 is 0. The van der Waals surface area contributed by atoms with Gasteiger partial charge in [-0.15, -0.1) is 0 Å². The Labute approximate surface area is 120 Å². The van der Waals surface area contributed by atoms with Gasteiger partial charge in [0.05, 0.1) is 5.92 Å². The zero-order valence-corrected chi connectivity index (χ0v) is 12.0. The van der Waals surface area contributed by atoms with Gasteiger partial charge in [-0.1, -0.05) is 37.6 Å². The molecule has 0 aliphatic heterocycles. The molecule has 0 saturated heterocycles. The quantitative estimate of drug-likeness (QED) is 0.804. The van der Waals surface area contributed by atoms with Gasteiger partial charge in [0.15, 0.2) is 5.78 Å². The van der Waals surface area contributed by atoms with Crippen LogP contribution in [0.15, 0.2) is 24.3 Å². The van der Waals surface area contributed by atoms with E-state index in [0.29, 0.717) is 19.3 Å². The molecule has 0 amide bonds. The number of unbranched alkanes of at least 4 members (excludes halogenated alkanes) is 1. The largest absolute Gasteiger partial charge is 0.481 e. The van der Waals surface area contributed by atoms with E-state index in [0.717, 1.165) is 18.4 Å². The minimum Gasteiger partial charge on any atom is -0.481 e. The summed E-state index contributed by atoms with van der Waals surface area (Å²) in [6.07, 6.45) is 5.20. The van der Waals surface area contributed by atoms with Gasteiger partial charge in [0.1, 0.15) is 0 Å². The van der Waals surface area contributed by atoms with Crippen LogP contribution in [0.5, 0.6) is 0 Å². The lowest BCUT2D eigenvalue weighted by atomic mass is 9.94. The number of rotatable bonds is 6. The Hall–Kier alpha value is -1.64. The summed E-state index contributed by atoms with van der Waals surface area (Å²) in [4.78, 5) is 23.3. The maximum Gasteiger partial charge on any atom is 0.306 e. The average molecular weight is 274 g/mol. The lowest BCUT2D eigenvalue weighted by molar-refractivity contribution is -0.141. The van der Waals surface area contributed by atoms with Gasteiger partial charge in [-0.3, -0.25) is 9.59 Å². The highest BCUT2D eigenvalue weighted by molar-refractivity contribution is 5.98. The van der Waals surface area contributed by atoms with Gasteiger partial charge in [-0.05, 0) is 37.7 Å². The summed E-state index contributed by atoms with van der Waals surface area (Å²) in [5, 5.41) is 8.99. The van der Waals surface area contributed by atoms with E-state index in [9.17, 15) is 9.59 Å². The molecule has 1 saturated carbocycles. The van der Waals surface area contributed by atoms with E-state index in [1.807, 2.05) is 24.3 Å². The molecule has 1 aliphatic rings. The summed E-state index contributed by atoms with van der Waals surface area (Å²) in [5.74, 6) is -1.11. The Kier molecular flexibility index (Phi) is 4.94. The molecular weight excluding hydrogens is 252 g/mol. The SMILES string of the molecule is CCCCc1ccc(C(=O)C2CCC(C(=O)O)C2)cc1. The Bertz CT molecular complexity index is 476. The number of ketones is 1. The van der Waals surface area contributed by atoms with Crippen molar-refractivity contribution in [1.29, 1.82) is 0 Å². The molecular formula is C17H22O3. The molecule has 2 rings (SSSR count). The van der Waals surface area contributed by atoms with Crippen LogP contribution < -0.4 is 0 Å². The van der Waals surface area contributed by atoms with Gasteiger partial charge in [0.2, 0.25) is 0 Å². The van der Waals surface area contributed by atoms with Crippen LogP contribution in [0, 0.1) is 11.8 Å². The third-order valence-corrected chi connectivity index (χ3v) is 4.21. The monoisotopic (exact) mass is 274 g/mol. The molecule has 0 radical (unpaired) electrons. The number of carboxylic acid groups (broad SMARTS) is 1. The van der Waals surface area contributed by atoms with Crippen molar-refractivity contribution in [3.05, 3.63) is 35.4 Å². The van der Waals surface area contributed by atoms with Gasteiger partial charge in [-0.25, -0.2) is 0 Å². The first-order chi connectivity index (χ1) is 9.61. The number of carbonyl (C=O) groups excluding carboxylic acids is 1. The third-order valence-electron chi connectivity index (χ3n) is 4.21. The van der Waals surface area contributed by atoms with E-state index in [4.69, 9.17) is 5.11 Å². The summed E-state index contributed by atoms with van der Waals surface area (Å²) >= 11 is 0. The third kappa shape index (κ3) is 3.47. The average Bonchev–Trinajstić information content (AvgIpc) is 2.95. The van der Waals surface area contributed by atoms with Crippen molar-refractivity contribution < 1.29 is 14.7 Å². The molecule has 0 bridgehead atoms. The second-order valence-electron chi connectivity index (χ2n) is 5.71. The number of hydrogen-bond donors (Lipinski definition) is 1. The standard InChI is InChI=1S/C17H22O3/c1-2-3-4-12-5-7-13(8-6-12)16(18)14-9-10-15(11-14)17(19)20/h5-8,14-15H,2-4,9-11H2,1H3,(H,19,20). The number of carbonyl (C=O) groups is 2. The molecule has 0 aromatic heterocycles. The van der Waals surface area contributed by atoms with Gasteiger partial charge in [0.25, 0.3) is 0 Å². The van der Waals surface area contributed by atoms with Crippen molar-refractivity contribution in [2.24, 2.45) is 11.8 Å². The van der Waals surface area contributed by atoms with E-state index in [-0.39, 0.29) is 17.6 Å². The Morgan fingerprint density at radius 2 is 1.80 bits per heavy atom. The highest BCUT2D eigenvalue weighted by Crippen LogP contribution is 2.33. The molecule has 0 heterocycles. The first-order valence-corrected chi connectivity index (χ1v) is 7.47. The molecule has 1 N–H and O–H groups in total. The molecule has 3 heteroatoms. The highest BCUT2D eigenvalue weighted by atomic mass is 16.4. The van der Waals surface area contributed by atoms with E-state index >= 15 is 0 Å². The minimum absolute atomic E-state index is 0.107. The van der Waals surface area contributed by atoms with E-state index in [1.165, 1.54) is 12.0 Å². The van der Waals surface area contributed by atoms with Gasteiger partial charge in [-0.2, -0.15) is 0 Å². The Balaban J connectivity index is 1.97. The lowest BCUT2D eigenvalue weighted by Gasteiger charge is -2.09. The molecule has 3 nitrogen and oxygen atoms in total. The molecule has 20 heavy (non-hydrogen) atoms. The fourth-order valence-corrected chi connectivity index (χ4v) is 2.90. The number of aliphatic carboxylic acids is 1. The first kappa shape index (κ1) is 14.8. The smallest absolute Gasteiger partial charge is 0.306 e. The van der Waals surface area contributed by atoms with E-state index < -0.39 is 5.97 Å². The van der Waals surface area contributed by atoms with Crippen LogP contribution in [0.2, 0.25) is 0 Å². The maximum atomic E-state index is 12.3. The molecule has 1 fully saturated rings. The number of aryl methyl sites for hydroxylation is 1. The Morgan fingerprint density at radius 3 is 2.35 bits per heavy atom. The van der Waals surface area contributed by atoms with Crippen molar-refractivity contribution >= 4 is 11.8 Å². The molecule has 1 aromatic rings. The summed E-state index contributed by atoms with van der Waals surface area (Å²) in [6, 6.07) is 7.82. The Morgan fingerprint density at radius 1 is 1.15 bits per heavy atom. The molecule has 0 spiro atoms. The lowest BCUT2D eigenvalue weighted by Crippen LogP contribution is -2.14. The van der Waals surface area contributed by atoms with Crippen LogP contribution >= 0.6 is 0 Å². The fourth-order valence-electron chi connectivity index (χ4n) is 2.90. The zero-order valence-electron chi connectivity index (χ0n) is 12.0. The van der Waals surface area contributed by atoms with Crippen molar-refractivity contribution in [2.45, 2.75) is 45.4 Å². The van der Waals surface area contributed by atoms with Gasteiger partial charge in [0, 0.05) is 11.5 Å². The molecule has 1 aliphatic carbocycles. The van der Waals surface area contributed by atoms with E-state index in [2.05, 4.69) is 6.92 Å². The number of hydrogen-bond acceptors (Lipinski definition) is 2. The fraction of sp³-hybridized carbons (Fsp3) is 0.529. The van der Waals surface area contributed by atoms with Gasteiger partial charge >= 0.3 is 5.97 Å². The van der Waals surface area contributed by atoms with Crippen LogP contribution in [-0.2, 0) is 11.2 Å². The number of benzene rings is 1. The predicted octanol–water partition coefficient (Wildman–Crippen LogP) is 3.71. The van der Waals surface area contributed by atoms with Crippen molar-refractivity contribution in [2.75, 3.05) is 0 Å². The summed E-state index contributed by atoms with van der Waals surface area (Å²) in [5.41, 5.74) is 1.99.